The molecule has 4 aromatic rings. The molecule has 2 aliphatic heterocycles. The van der Waals surface area contributed by atoms with Crippen molar-refractivity contribution >= 4 is 19.5 Å². The molecule has 2 aliphatic rings. The van der Waals surface area contributed by atoms with Gasteiger partial charge in [0.2, 0.25) is 23.9 Å². The van der Waals surface area contributed by atoms with E-state index in [1.54, 1.807) is 48.5 Å². The molecule has 14 nitrogen and oxygen atoms in total. The summed E-state index contributed by atoms with van der Waals surface area (Å²) in [7, 11) is -0.302. The highest BCUT2D eigenvalue weighted by atomic mass is 16.6. The summed E-state index contributed by atoms with van der Waals surface area (Å²) < 4.78 is 12.3. The van der Waals surface area contributed by atoms with E-state index in [0.29, 0.717) is 35.1 Å². The lowest BCUT2D eigenvalue weighted by Gasteiger charge is -2.28. The monoisotopic (exact) mass is 804 g/mol. The smallest absolute Gasteiger partial charge is 0.393 e. The van der Waals surface area contributed by atoms with E-state index in [1.165, 1.54) is 0 Å². The van der Waals surface area contributed by atoms with Crippen molar-refractivity contribution < 1.29 is 28.7 Å². The van der Waals surface area contributed by atoms with E-state index < -0.39 is 72.4 Å². The number of carbonyl (C=O) groups excluding carboxylic acids is 2. The number of hydrogen-bond donors (Lipinski definition) is 4. The van der Waals surface area contributed by atoms with Crippen LogP contribution in [0.25, 0.3) is 0 Å². The zero-order valence-corrected chi connectivity index (χ0v) is 33.8. The van der Waals surface area contributed by atoms with E-state index in [9.17, 15) is 29.8 Å². The molecule has 2 amide bonds. The lowest BCUT2D eigenvalue weighted by Crippen LogP contribution is -2.51. The minimum Gasteiger partial charge on any atom is -0.393 e. The van der Waals surface area contributed by atoms with Crippen molar-refractivity contribution in [2.45, 2.75) is 101 Å². The van der Waals surface area contributed by atoms with Gasteiger partial charge in [0, 0.05) is 9.85 Å². The van der Waals surface area contributed by atoms with Gasteiger partial charge in [0.25, 0.3) is 0 Å². The number of nitrogens with zero attached hydrogens (tertiary/aromatic N) is 2. The zero-order chi connectivity index (χ0) is 42.1. The molecule has 0 aromatic heterocycles. The van der Waals surface area contributed by atoms with Crippen molar-refractivity contribution in [1.29, 1.82) is 0 Å². The minimum atomic E-state index is -1.12. The van der Waals surface area contributed by atoms with Crippen LogP contribution in [-0.4, -0.2) is 66.0 Å². The first-order valence-corrected chi connectivity index (χ1v) is 20.3. The highest BCUT2D eigenvalue weighted by Gasteiger charge is 2.56. The molecule has 0 saturated carbocycles. The third-order valence-electron chi connectivity index (χ3n) is 11.1. The fourth-order valence-electron chi connectivity index (χ4n) is 8.52. The van der Waals surface area contributed by atoms with Crippen LogP contribution in [0, 0.1) is 32.1 Å². The average Bonchev–Trinajstić information content (AvgIpc) is 3.83. The second-order valence-corrected chi connectivity index (χ2v) is 16.2. The summed E-state index contributed by atoms with van der Waals surface area (Å²) in [6.45, 7) is 7.94. The maximum absolute atomic E-state index is 14.2. The lowest BCUT2D eigenvalue weighted by atomic mass is 9.85. The van der Waals surface area contributed by atoms with Crippen LogP contribution in [0.5, 0.6) is 0 Å². The van der Waals surface area contributed by atoms with E-state index in [2.05, 4.69) is 21.3 Å². The summed E-state index contributed by atoms with van der Waals surface area (Å²) in [5.74, 6) is -2.28. The Bertz CT molecular complexity index is 1850. The first-order valence-electron chi connectivity index (χ1n) is 20.3. The molecular formula is C44H53BN6O8. The summed E-state index contributed by atoms with van der Waals surface area (Å²) in [6, 6.07) is 30.7. The molecule has 2 fully saturated rings. The second kappa shape index (κ2) is 20.0. The second-order valence-electron chi connectivity index (χ2n) is 16.2. The summed E-state index contributed by atoms with van der Waals surface area (Å²) in [5, 5.41) is 38.0. The van der Waals surface area contributed by atoms with Gasteiger partial charge in [-0.25, -0.2) is 0 Å². The molecule has 0 spiro atoms. The van der Waals surface area contributed by atoms with Gasteiger partial charge in [0.15, 0.2) is 0 Å². The standard InChI is InChI=1S/C44H53BN6O8/c1-27(2)25-33(46-43(52)39-35(29-17-9-5-10-18-29)41(50(54)55)37(48-39)31-21-13-7-14-22-31)58-45-59-34(26-28(3)4)47-44(53)40-36(30-19-11-6-12-20-30)42(51(56)57)38(49-40)32-23-15-8-16-24-32/h5-24,27-28,33-42,45,48-49H,25-26H2,1-4H3,(H,46,52)(H,47,53)/t33-,34-,35-,36-,37-,38-,39-,40-,41+,42+/m1/s1. The molecule has 0 unspecified atom stereocenters. The fourth-order valence-corrected chi connectivity index (χ4v) is 8.52. The summed E-state index contributed by atoms with van der Waals surface area (Å²) in [4.78, 5) is 53.2. The molecule has 0 bridgehead atoms. The van der Waals surface area contributed by atoms with Crippen LogP contribution < -0.4 is 21.3 Å². The van der Waals surface area contributed by atoms with Crippen LogP contribution in [-0.2, 0) is 18.9 Å². The molecule has 10 atom stereocenters. The Hall–Kier alpha value is -5.48. The van der Waals surface area contributed by atoms with Crippen LogP contribution in [0.4, 0.5) is 0 Å². The minimum absolute atomic E-state index is 0.0898. The van der Waals surface area contributed by atoms with Crippen LogP contribution >= 0.6 is 0 Å². The van der Waals surface area contributed by atoms with Crippen LogP contribution in [0.3, 0.4) is 0 Å². The number of carbonyl (C=O) groups is 2. The van der Waals surface area contributed by atoms with Crippen molar-refractivity contribution in [3.8, 4) is 0 Å². The Balaban J connectivity index is 1.18. The SMILES string of the molecule is CC(C)C[C@H](NC(=O)[C@@H]1N[C@H](c2ccccc2)[C@@H]([N+](=O)[O-])[C@@H]1c1ccccc1)OBO[C@H](CC(C)C)NC(=O)[C@@H]1N[C@H](c2ccccc2)[C@@H]([N+](=O)[O-])[C@@H]1c1ccccc1. The van der Waals surface area contributed by atoms with E-state index in [4.69, 9.17) is 9.31 Å². The fraction of sp³-hybridized carbons (Fsp3) is 0.409. The first kappa shape index (κ1) is 43.1. The molecule has 59 heavy (non-hydrogen) atoms. The Kier molecular flexibility index (Phi) is 14.6. The van der Waals surface area contributed by atoms with Gasteiger partial charge in [-0.05, 0) is 46.9 Å². The zero-order valence-electron chi connectivity index (χ0n) is 33.8. The summed E-state index contributed by atoms with van der Waals surface area (Å²) >= 11 is 0. The third-order valence-corrected chi connectivity index (χ3v) is 11.1. The normalized spacial score (nSPS) is 25.0. The number of amides is 2. The molecule has 2 heterocycles. The van der Waals surface area contributed by atoms with Crippen molar-refractivity contribution in [3.63, 3.8) is 0 Å². The predicted octanol–water partition coefficient (Wildman–Crippen LogP) is 5.55. The number of hydrogen-bond acceptors (Lipinski definition) is 10. The van der Waals surface area contributed by atoms with Crippen LogP contribution in [0.15, 0.2) is 121 Å². The summed E-state index contributed by atoms with van der Waals surface area (Å²) in [5.41, 5.74) is 2.75. The quantitative estimate of drug-likeness (QED) is 0.0430. The van der Waals surface area contributed by atoms with E-state index in [1.807, 2.05) is 100 Å². The van der Waals surface area contributed by atoms with E-state index in [0.717, 1.165) is 0 Å². The van der Waals surface area contributed by atoms with Gasteiger partial charge in [-0.2, -0.15) is 0 Å². The van der Waals surface area contributed by atoms with Crippen molar-refractivity contribution in [1.82, 2.24) is 21.3 Å². The maximum atomic E-state index is 14.2. The highest BCUT2D eigenvalue weighted by molar-refractivity contribution is 6.18. The van der Waals surface area contributed by atoms with Crippen molar-refractivity contribution in [2.24, 2.45) is 11.8 Å². The largest absolute Gasteiger partial charge is 0.441 e. The lowest BCUT2D eigenvalue weighted by molar-refractivity contribution is -0.527. The van der Waals surface area contributed by atoms with Crippen molar-refractivity contribution in [3.05, 3.63) is 164 Å². The van der Waals surface area contributed by atoms with Gasteiger partial charge < -0.3 is 19.9 Å². The third kappa shape index (κ3) is 10.6. The van der Waals surface area contributed by atoms with Gasteiger partial charge in [-0.15, -0.1) is 0 Å². The molecule has 310 valence electrons. The Morgan fingerprint density at radius 3 is 1.17 bits per heavy atom. The van der Waals surface area contributed by atoms with Gasteiger partial charge in [-0.1, -0.05) is 149 Å². The molecular weight excluding hydrogens is 751 g/mol. The summed E-state index contributed by atoms with van der Waals surface area (Å²) in [6.07, 6.45) is -0.832. The van der Waals surface area contributed by atoms with E-state index >= 15 is 0 Å². The van der Waals surface area contributed by atoms with Crippen molar-refractivity contribution in [2.75, 3.05) is 0 Å². The average molecular weight is 805 g/mol. The Labute approximate surface area is 345 Å². The Morgan fingerprint density at radius 1 is 0.576 bits per heavy atom. The predicted molar refractivity (Wildman–Crippen MR) is 224 cm³/mol. The molecule has 0 radical (unpaired) electrons. The number of benzene rings is 4. The maximum Gasteiger partial charge on any atom is 0.441 e. The topological polar surface area (TPSA) is 187 Å². The van der Waals surface area contributed by atoms with Crippen LogP contribution in [0.2, 0.25) is 0 Å². The van der Waals surface area contributed by atoms with Gasteiger partial charge in [0.05, 0.1) is 11.8 Å². The molecule has 6 rings (SSSR count). The van der Waals surface area contributed by atoms with Gasteiger partial charge in [0.1, 0.15) is 36.6 Å². The molecule has 15 heteroatoms. The van der Waals surface area contributed by atoms with Crippen LogP contribution in [0.1, 0.15) is 86.7 Å². The number of nitro groups is 2. The van der Waals surface area contributed by atoms with E-state index in [-0.39, 0.29) is 29.4 Å². The van der Waals surface area contributed by atoms with Gasteiger partial charge in [-0.3, -0.25) is 40.5 Å². The highest BCUT2D eigenvalue weighted by Crippen LogP contribution is 2.42. The molecule has 0 aliphatic carbocycles. The molecule has 4 aromatic carbocycles. The van der Waals surface area contributed by atoms with Gasteiger partial charge >= 0.3 is 7.69 Å². The first-order chi connectivity index (χ1) is 28.4. The molecule has 2 saturated heterocycles. The number of rotatable bonds is 18. The Morgan fingerprint density at radius 2 is 0.881 bits per heavy atom. The molecule has 4 N–H and O–H groups in total. The number of nitrogens with one attached hydrogen (secondary N) is 4.